The first-order chi connectivity index (χ1) is 9.90. The lowest BCUT2D eigenvalue weighted by molar-refractivity contribution is 0.584. The largest absolute Gasteiger partial charge is 0.276 e. The summed E-state index contributed by atoms with van der Waals surface area (Å²) in [5.41, 5.74) is 0.430. The average molecular weight is 364 g/mol. The van der Waals surface area contributed by atoms with Crippen LogP contribution in [0, 0.1) is 0 Å². The van der Waals surface area contributed by atoms with E-state index >= 15 is 0 Å². The second-order valence-corrected chi connectivity index (χ2v) is 6.85. The molecule has 2 aromatic carbocycles. The van der Waals surface area contributed by atoms with Crippen molar-refractivity contribution in [1.29, 1.82) is 0 Å². The topological polar surface area (TPSA) is 58.5 Å². The molecule has 110 valence electrons. The zero-order chi connectivity index (χ0) is 15.5. The zero-order valence-corrected chi connectivity index (χ0v) is 13.5. The van der Waals surface area contributed by atoms with Crippen LogP contribution in [0.15, 0.2) is 52.5 Å². The molecule has 4 nitrogen and oxygen atoms in total. The summed E-state index contributed by atoms with van der Waals surface area (Å²) in [6.45, 7) is 0. The fourth-order valence-electron chi connectivity index (χ4n) is 1.46. The van der Waals surface area contributed by atoms with Crippen molar-refractivity contribution < 1.29 is 8.42 Å². The van der Waals surface area contributed by atoms with E-state index in [9.17, 15) is 8.42 Å². The highest BCUT2D eigenvalue weighted by molar-refractivity contribution is 7.89. The van der Waals surface area contributed by atoms with Gasteiger partial charge < -0.3 is 0 Å². The summed E-state index contributed by atoms with van der Waals surface area (Å²) >= 11 is 17.6. The highest BCUT2D eigenvalue weighted by Gasteiger charge is 2.12. The third kappa shape index (κ3) is 4.11. The molecule has 0 aromatic heterocycles. The molecule has 0 aliphatic heterocycles. The highest BCUT2D eigenvalue weighted by atomic mass is 35.5. The number of benzene rings is 2. The Morgan fingerprint density at radius 1 is 0.952 bits per heavy atom. The van der Waals surface area contributed by atoms with E-state index in [1.807, 2.05) is 0 Å². The molecule has 0 aliphatic rings. The smallest absolute Gasteiger partial charge is 0.200 e. The van der Waals surface area contributed by atoms with Gasteiger partial charge in [-0.25, -0.2) is 4.83 Å². The fourth-order valence-corrected chi connectivity index (χ4v) is 2.87. The summed E-state index contributed by atoms with van der Waals surface area (Å²) in [7, 11) is -3.77. The number of hydrogen-bond acceptors (Lipinski definition) is 3. The van der Waals surface area contributed by atoms with Crippen molar-refractivity contribution in [1.82, 2.24) is 4.83 Å². The molecular formula is C13H9Cl3N2O2S. The van der Waals surface area contributed by atoms with Gasteiger partial charge in [-0.3, -0.25) is 0 Å². The minimum Gasteiger partial charge on any atom is -0.200 e. The van der Waals surface area contributed by atoms with Crippen LogP contribution in [0.1, 0.15) is 5.56 Å². The fraction of sp³-hybridized carbons (Fsp3) is 0. The maximum absolute atomic E-state index is 12.0. The number of rotatable bonds is 4. The molecule has 0 bridgehead atoms. The Bertz CT molecular complexity index is 754. The number of hydrogen-bond donors (Lipinski definition) is 1. The minimum atomic E-state index is -3.77. The lowest BCUT2D eigenvalue weighted by atomic mass is 10.2. The monoisotopic (exact) mass is 362 g/mol. The van der Waals surface area contributed by atoms with Crippen molar-refractivity contribution >= 4 is 51.0 Å². The van der Waals surface area contributed by atoms with Gasteiger partial charge in [-0.05, 0) is 36.4 Å². The first kappa shape index (κ1) is 16.1. The summed E-state index contributed by atoms with van der Waals surface area (Å²) < 4.78 is 23.9. The quantitative estimate of drug-likeness (QED) is 0.660. The van der Waals surface area contributed by atoms with Gasteiger partial charge in [0.25, 0.3) is 10.0 Å². The van der Waals surface area contributed by atoms with Gasteiger partial charge in [0.15, 0.2) is 0 Å². The number of nitrogens with zero attached hydrogens (tertiary/aromatic N) is 1. The first-order valence-electron chi connectivity index (χ1n) is 5.64. The van der Waals surface area contributed by atoms with Crippen molar-refractivity contribution in [2.45, 2.75) is 4.90 Å². The molecule has 0 heterocycles. The molecule has 0 saturated heterocycles. The second kappa shape index (κ2) is 6.66. The van der Waals surface area contributed by atoms with Crippen LogP contribution in [0.2, 0.25) is 15.1 Å². The van der Waals surface area contributed by atoms with E-state index in [-0.39, 0.29) is 4.90 Å². The molecule has 8 heteroatoms. The Kier molecular flexibility index (Phi) is 5.11. The van der Waals surface area contributed by atoms with Crippen LogP contribution in [0.3, 0.4) is 0 Å². The van der Waals surface area contributed by atoms with Crippen molar-refractivity contribution in [3.63, 3.8) is 0 Å². The standard InChI is InChI=1S/C13H9Cl3N2O2S/c14-9-4-6-10(7-5-9)21(19,20)18-17-8-11-12(15)2-1-3-13(11)16/h1-8,18H/b17-8-. The van der Waals surface area contributed by atoms with Crippen molar-refractivity contribution in [3.8, 4) is 0 Å². The number of halogens is 3. The molecule has 0 amide bonds. The summed E-state index contributed by atoms with van der Waals surface area (Å²) in [4.78, 5) is 2.13. The molecule has 0 spiro atoms. The van der Waals surface area contributed by atoms with Crippen molar-refractivity contribution in [2.24, 2.45) is 5.10 Å². The van der Waals surface area contributed by atoms with Crippen molar-refractivity contribution in [2.75, 3.05) is 0 Å². The number of nitrogens with one attached hydrogen (secondary N) is 1. The normalized spacial score (nSPS) is 11.8. The van der Waals surface area contributed by atoms with E-state index in [1.54, 1.807) is 18.2 Å². The Labute approximate surface area is 137 Å². The molecular weight excluding hydrogens is 355 g/mol. The van der Waals surface area contributed by atoms with Crippen molar-refractivity contribution in [3.05, 3.63) is 63.1 Å². The molecule has 2 rings (SSSR count). The van der Waals surface area contributed by atoms with Gasteiger partial charge in [-0.15, -0.1) is 0 Å². The molecule has 21 heavy (non-hydrogen) atoms. The Morgan fingerprint density at radius 2 is 1.52 bits per heavy atom. The SMILES string of the molecule is O=S(=O)(N/N=C\c1c(Cl)cccc1Cl)c1ccc(Cl)cc1. The van der Waals surface area contributed by atoms with Gasteiger partial charge in [0.2, 0.25) is 0 Å². The van der Waals surface area contributed by atoms with E-state index in [0.29, 0.717) is 20.6 Å². The van der Waals surface area contributed by atoms with Crippen LogP contribution in [-0.2, 0) is 10.0 Å². The second-order valence-electron chi connectivity index (χ2n) is 3.94. The van der Waals surface area contributed by atoms with Crippen LogP contribution in [-0.4, -0.2) is 14.6 Å². The molecule has 0 fully saturated rings. The minimum absolute atomic E-state index is 0.0503. The van der Waals surface area contributed by atoms with Gasteiger partial charge in [-0.1, -0.05) is 40.9 Å². The van der Waals surface area contributed by atoms with E-state index < -0.39 is 10.0 Å². The van der Waals surface area contributed by atoms with Gasteiger partial charge in [0, 0.05) is 10.6 Å². The number of sulfonamides is 1. The van der Waals surface area contributed by atoms with Gasteiger partial charge in [-0.2, -0.15) is 13.5 Å². The molecule has 0 unspecified atom stereocenters. The summed E-state index contributed by atoms with van der Waals surface area (Å²) in [6, 6.07) is 10.6. The van der Waals surface area contributed by atoms with Crippen LogP contribution < -0.4 is 4.83 Å². The molecule has 0 radical (unpaired) electrons. The maximum Gasteiger partial charge on any atom is 0.276 e. The van der Waals surface area contributed by atoms with E-state index in [1.165, 1.54) is 30.5 Å². The predicted octanol–water partition coefficient (Wildman–Crippen LogP) is 3.96. The molecule has 0 atom stereocenters. The Hall–Kier alpha value is -1.27. The lowest BCUT2D eigenvalue weighted by Crippen LogP contribution is -2.18. The van der Waals surface area contributed by atoms with Gasteiger partial charge in [0.1, 0.15) is 0 Å². The summed E-state index contributed by atoms with van der Waals surface area (Å²) in [6.07, 6.45) is 1.25. The Balaban J connectivity index is 2.19. The van der Waals surface area contributed by atoms with E-state index in [0.717, 1.165) is 0 Å². The van der Waals surface area contributed by atoms with Gasteiger partial charge >= 0.3 is 0 Å². The Morgan fingerprint density at radius 3 is 2.10 bits per heavy atom. The van der Waals surface area contributed by atoms with Crippen LogP contribution in [0.5, 0.6) is 0 Å². The first-order valence-corrected chi connectivity index (χ1v) is 8.26. The van der Waals surface area contributed by atoms with E-state index in [4.69, 9.17) is 34.8 Å². The highest BCUT2D eigenvalue weighted by Crippen LogP contribution is 2.22. The summed E-state index contributed by atoms with van der Waals surface area (Å²) in [5, 5.41) is 4.86. The van der Waals surface area contributed by atoms with Gasteiger partial charge in [0.05, 0.1) is 21.2 Å². The molecule has 0 saturated carbocycles. The average Bonchev–Trinajstić information content (AvgIpc) is 2.42. The van der Waals surface area contributed by atoms with E-state index in [2.05, 4.69) is 9.93 Å². The third-order valence-electron chi connectivity index (χ3n) is 2.49. The predicted molar refractivity (Wildman–Crippen MR) is 85.8 cm³/mol. The molecule has 1 N–H and O–H groups in total. The van der Waals surface area contributed by atoms with Crippen LogP contribution >= 0.6 is 34.8 Å². The maximum atomic E-state index is 12.0. The zero-order valence-electron chi connectivity index (χ0n) is 10.4. The third-order valence-corrected chi connectivity index (χ3v) is 4.64. The molecule has 0 aliphatic carbocycles. The number of hydrazone groups is 1. The lowest BCUT2D eigenvalue weighted by Gasteiger charge is -2.04. The van der Waals surface area contributed by atoms with Crippen LogP contribution in [0.4, 0.5) is 0 Å². The van der Waals surface area contributed by atoms with Crippen LogP contribution in [0.25, 0.3) is 0 Å². The summed E-state index contributed by atoms with van der Waals surface area (Å²) in [5.74, 6) is 0. The molecule has 2 aromatic rings.